The zero-order chi connectivity index (χ0) is 28.4. The summed E-state index contributed by atoms with van der Waals surface area (Å²) in [6, 6.07) is 31.6. The summed E-state index contributed by atoms with van der Waals surface area (Å²) in [6.07, 6.45) is 0. The van der Waals surface area contributed by atoms with Gasteiger partial charge in [0.25, 0.3) is 0 Å². The van der Waals surface area contributed by atoms with Crippen molar-refractivity contribution in [3.63, 3.8) is 0 Å². The third-order valence-corrected chi connectivity index (χ3v) is 7.98. The fraction of sp³-hybridized carbons (Fsp3) is 0. The molecule has 7 aromatic rings. The molecule has 1 aliphatic carbocycles. The van der Waals surface area contributed by atoms with Crippen molar-refractivity contribution in [2.45, 2.75) is 0 Å². The number of rotatable bonds is 4. The van der Waals surface area contributed by atoms with Crippen molar-refractivity contribution in [3.8, 4) is 39.3 Å². The minimum atomic E-state index is -0.308. The van der Waals surface area contributed by atoms with E-state index < -0.39 is 0 Å². The number of aromatic nitrogens is 3. The third kappa shape index (κ3) is 3.48. The van der Waals surface area contributed by atoms with Gasteiger partial charge < -0.3 is 4.57 Å². The van der Waals surface area contributed by atoms with E-state index >= 15 is 4.39 Å². The van der Waals surface area contributed by atoms with Gasteiger partial charge in [-0.15, -0.1) is 0 Å². The Labute approximate surface area is 249 Å². The Morgan fingerprint density at radius 3 is 1.76 bits per heavy atom. The fourth-order valence-corrected chi connectivity index (χ4v) is 6.30. The minimum Gasteiger partial charge on any atom is -0.309 e. The number of benzene rings is 5. The molecular weight excluding hydrogens is 562 g/mol. The molecule has 0 saturated heterocycles. The summed E-state index contributed by atoms with van der Waals surface area (Å²) in [7, 11) is 0. The highest BCUT2D eigenvalue weighted by molar-refractivity contribution is 7.78. The first-order valence-electron chi connectivity index (χ1n) is 13.1. The smallest absolute Gasteiger partial charge is 0.209 e. The summed E-state index contributed by atoms with van der Waals surface area (Å²) in [5.74, 6) is 0.132. The van der Waals surface area contributed by atoms with Crippen LogP contribution in [0.5, 0.6) is 0 Å². The molecule has 0 unspecified atom stereocenters. The molecule has 0 fully saturated rings. The summed E-state index contributed by atoms with van der Waals surface area (Å²) in [5, 5.41) is 8.76. The van der Waals surface area contributed by atoms with E-state index in [2.05, 4.69) is 49.1 Å². The maximum absolute atomic E-state index is 16.1. The average Bonchev–Trinajstić information content (AvgIpc) is 3.52. The zero-order valence-electron chi connectivity index (χ0n) is 21.7. The molecule has 196 valence electrons. The third-order valence-electron chi connectivity index (χ3n) is 7.79. The van der Waals surface area contributed by atoms with Crippen LogP contribution >= 0.6 is 24.4 Å². The molecule has 0 atom stereocenters. The van der Waals surface area contributed by atoms with E-state index in [0.29, 0.717) is 17.0 Å². The summed E-state index contributed by atoms with van der Waals surface area (Å²) in [6.45, 7) is 0. The number of aliphatic imine (C=N–C) groups is 2. The van der Waals surface area contributed by atoms with Gasteiger partial charge in [0.2, 0.25) is 11.6 Å². The van der Waals surface area contributed by atoms with Gasteiger partial charge in [0.1, 0.15) is 5.82 Å². The topological polar surface area (TPSA) is 55.4 Å². The maximum Gasteiger partial charge on any atom is 0.209 e. The van der Waals surface area contributed by atoms with Crippen molar-refractivity contribution in [3.05, 3.63) is 103 Å². The predicted molar refractivity (Wildman–Crippen MR) is 173 cm³/mol. The Morgan fingerprint density at radius 1 is 0.595 bits per heavy atom. The molecule has 0 spiro atoms. The summed E-state index contributed by atoms with van der Waals surface area (Å²) < 4.78 is 18.2. The second kappa shape index (κ2) is 9.42. The van der Waals surface area contributed by atoms with Crippen LogP contribution in [0.1, 0.15) is 0 Å². The predicted octanol–water partition coefficient (Wildman–Crippen LogP) is 9.65. The zero-order valence-corrected chi connectivity index (χ0v) is 23.3. The Kier molecular flexibility index (Phi) is 5.51. The van der Waals surface area contributed by atoms with E-state index in [1.54, 1.807) is 6.07 Å². The molecule has 0 amide bonds. The van der Waals surface area contributed by atoms with Crippen molar-refractivity contribution in [2.75, 3.05) is 0 Å². The molecule has 42 heavy (non-hydrogen) atoms. The molecule has 0 radical (unpaired) electrons. The lowest BCUT2D eigenvalue weighted by atomic mass is 9.94. The van der Waals surface area contributed by atoms with Crippen molar-refractivity contribution < 1.29 is 4.39 Å². The molecule has 2 heterocycles. The van der Waals surface area contributed by atoms with Crippen LogP contribution in [0.3, 0.4) is 0 Å². The largest absolute Gasteiger partial charge is 0.309 e. The number of halogens is 1. The van der Waals surface area contributed by atoms with Crippen molar-refractivity contribution in [2.24, 2.45) is 9.98 Å². The average molecular weight is 578 g/mol. The van der Waals surface area contributed by atoms with Crippen LogP contribution < -0.4 is 0 Å². The molecule has 8 heteroatoms. The first-order chi connectivity index (χ1) is 20.7. The molecule has 5 aromatic carbocycles. The number of para-hydroxylation sites is 2. The highest BCUT2D eigenvalue weighted by Gasteiger charge is 2.28. The summed E-state index contributed by atoms with van der Waals surface area (Å²) >= 11 is 9.59. The SMILES string of the molecule is Fc1cc(-n2c3ccccc3c3ccccc32)ccc1-c1ccc2c3c(cccc13)-c1nc(N=C=S)c(N=C=S)nc1-2. The molecule has 0 aliphatic heterocycles. The molecule has 2 aromatic heterocycles. The molecule has 0 bridgehead atoms. The Bertz CT molecular complexity index is 2290. The monoisotopic (exact) mass is 577 g/mol. The van der Waals surface area contributed by atoms with Gasteiger partial charge in [-0.2, -0.15) is 9.98 Å². The van der Waals surface area contributed by atoms with Gasteiger partial charge in [-0.05, 0) is 65.7 Å². The van der Waals surface area contributed by atoms with Gasteiger partial charge >= 0.3 is 0 Å². The highest BCUT2D eigenvalue weighted by Crippen LogP contribution is 2.49. The molecule has 5 nitrogen and oxygen atoms in total. The first-order valence-corrected chi connectivity index (χ1v) is 13.9. The minimum absolute atomic E-state index is 0.220. The lowest BCUT2D eigenvalue weighted by molar-refractivity contribution is 0.630. The number of nitrogens with zero attached hydrogens (tertiary/aromatic N) is 5. The highest BCUT2D eigenvalue weighted by atomic mass is 32.1. The molecule has 8 rings (SSSR count). The summed E-state index contributed by atoms with van der Waals surface area (Å²) in [4.78, 5) is 17.5. The van der Waals surface area contributed by atoms with E-state index in [0.717, 1.165) is 55.0 Å². The van der Waals surface area contributed by atoms with E-state index in [-0.39, 0.29) is 17.5 Å². The number of fused-ring (bicyclic) bond motifs is 6. The molecule has 0 saturated carbocycles. The van der Waals surface area contributed by atoms with Crippen LogP contribution in [-0.2, 0) is 0 Å². The van der Waals surface area contributed by atoms with Crippen molar-refractivity contribution in [1.29, 1.82) is 0 Å². The summed E-state index contributed by atoms with van der Waals surface area (Å²) in [5.41, 5.74) is 7.19. The van der Waals surface area contributed by atoms with E-state index in [4.69, 9.17) is 34.4 Å². The molecule has 0 N–H and O–H groups in total. The lowest BCUT2D eigenvalue weighted by Gasteiger charge is -2.13. The first kappa shape index (κ1) is 24.6. The molecule has 1 aliphatic rings. The molecular formula is C34H16FN5S2. The van der Waals surface area contributed by atoms with Gasteiger partial charge in [-0.3, -0.25) is 0 Å². The van der Waals surface area contributed by atoms with E-state index in [1.807, 2.05) is 66.7 Å². The van der Waals surface area contributed by atoms with E-state index in [9.17, 15) is 0 Å². The van der Waals surface area contributed by atoms with Gasteiger partial charge in [-0.25, -0.2) is 14.4 Å². The van der Waals surface area contributed by atoms with Crippen LogP contribution in [0.25, 0.3) is 71.9 Å². The Balaban J connectivity index is 1.31. The lowest BCUT2D eigenvalue weighted by Crippen LogP contribution is -1.96. The van der Waals surface area contributed by atoms with Crippen LogP contribution in [0.15, 0.2) is 107 Å². The number of hydrogen-bond acceptors (Lipinski definition) is 6. The van der Waals surface area contributed by atoms with Crippen molar-refractivity contribution in [1.82, 2.24) is 14.5 Å². The van der Waals surface area contributed by atoms with Crippen LogP contribution in [-0.4, -0.2) is 24.9 Å². The number of hydrogen-bond donors (Lipinski definition) is 0. The second-order valence-electron chi connectivity index (χ2n) is 9.90. The Morgan fingerprint density at radius 2 is 1.14 bits per heavy atom. The Hall–Kier alpha value is -5.23. The number of thiocarbonyl (C=S) groups is 2. The van der Waals surface area contributed by atoms with E-state index in [1.165, 1.54) is 0 Å². The van der Waals surface area contributed by atoms with Gasteiger partial charge in [0.05, 0.1) is 32.7 Å². The van der Waals surface area contributed by atoms with Crippen LogP contribution in [0.4, 0.5) is 16.0 Å². The van der Waals surface area contributed by atoms with Gasteiger partial charge in [0, 0.05) is 38.5 Å². The van der Waals surface area contributed by atoms with Crippen LogP contribution in [0, 0.1) is 5.82 Å². The normalized spacial score (nSPS) is 11.5. The van der Waals surface area contributed by atoms with Crippen molar-refractivity contribution >= 4 is 79.0 Å². The van der Waals surface area contributed by atoms with Crippen LogP contribution in [0.2, 0.25) is 0 Å². The van der Waals surface area contributed by atoms with Gasteiger partial charge in [0.15, 0.2) is 0 Å². The number of isothiocyanates is 2. The maximum atomic E-state index is 16.1. The second-order valence-corrected chi connectivity index (χ2v) is 10.3. The standard InChI is InChI=1S/C34H16FN5S2/c35-27-16-19(40-28-10-3-1-6-22(28)23-7-2-4-11-29(23)40)12-13-21(27)20-14-15-26-30-24(20)8-5-9-25(30)31-32(26)39-34(37-18-42)33(38-31)36-17-41/h1-16H. The fourth-order valence-electron chi connectivity index (χ4n) is 6.13. The van der Waals surface area contributed by atoms with Gasteiger partial charge in [-0.1, -0.05) is 66.7 Å². The quantitative estimate of drug-likeness (QED) is 0.154.